The minimum Gasteiger partial charge on any atom is -0.326 e. The number of benzene rings is 1. The Bertz CT molecular complexity index is 617. The van der Waals surface area contributed by atoms with E-state index in [4.69, 9.17) is 5.73 Å². The van der Waals surface area contributed by atoms with Gasteiger partial charge >= 0.3 is 0 Å². The molecule has 0 heterocycles. The highest BCUT2D eigenvalue weighted by molar-refractivity contribution is 7.89. The largest absolute Gasteiger partial charge is 0.326 e. The maximum absolute atomic E-state index is 12.5. The molecule has 20 heavy (non-hydrogen) atoms. The monoisotopic (exact) mass is 294 g/mol. The molecule has 1 aromatic rings. The SMILES string of the molecule is Cc1ccc(CN)cc1S(=O)(=O)NCC1(C2CC2)CC1. The van der Waals surface area contributed by atoms with Gasteiger partial charge in [-0.3, -0.25) is 0 Å². The summed E-state index contributed by atoms with van der Waals surface area (Å²) >= 11 is 0. The van der Waals surface area contributed by atoms with Crippen molar-refractivity contribution in [3.05, 3.63) is 29.3 Å². The zero-order valence-electron chi connectivity index (χ0n) is 11.9. The van der Waals surface area contributed by atoms with Gasteiger partial charge in [-0.1, -0.05) is 12.1 Å². The van der Waals surface area contributed by atoms with Crippen LogP contribution in [-0.4, -0.2) is 15.0 Å². The van der Waals surface area contributed by atoms with E-state index in [0.717, 1.165) is 17.0 Å². The molecule has 0 unspecified atom stereocenters. The molecule has 0 atom stereocenters. The molecule has 110 valence electrons. The van der Waals surface area contributed by atoms with Crippen molar-refractivity contribution in [1.29, 1.82) is 0 Å². The Balaban J connectivity index is 1.77. The minimum absolute atomic E-state index is 0.270. The van der Waals surface area contributed by atoms with Crippen LogP contribution >= 0.6 is 0 Å². The first-order chi connectivity index (χ1) is 9.47. The zero-order valence-corrected chi connectivity index (χ0v) is 12.7. The van der Waals surface area contributed by atoms with E-state index in [-0.39, 0.29) is 5.41 Å². The first-order valence-corrected chi connectivity index (χ1v) is 8.74. The van der Waals surface area contributed by atoms with Gasteiger partial charge in [0.05, 0.1) is 4.90 Å². The maximum Gasteiger partial charge on any atom is 0.240 e. The number of sulfonamides is 1. The van der Waals surface area contributed by atoms with Crippen LogP contribution in [-0.2, 0) is 16.6 Å². The van der Waals surface area contributed by atoms with E-state index in [1.165, 1.54) is 25.7 Å². The van der Waals surface area contributed by atoms with Crippen molar-refractivity contribution in [3.8, 4) is 0 Å². The standard InChI is InChI=1S/C15H22N2O2S/c1-11-2-3-12(9-16)8-14(11)20(18,19)17-10-15(6-7-15)13-4-5-13/h2-3,8,13,17H,4-7,9-10,16H2,1H3. The van der Waals surface area contributed by atoms with Gasteiger partial charge < -0.3 is 5.73 Å². The van der Waals surface area contributed by atoms with E-state index >= 15 is 0 Å². The van der Waals surface area contributed by atoms with E-state index in [1.807, 2.05) is 19.1 Å². The molecular weight excluding hydrogens is 272 g/mol. The highest BCUT2D eigenvalue weighted by Crippen LogP contribution is 2.60. The summed E-state index contributed by atoms with van der Waals surface area (Å²) in [6.07, 6.45) is 4.87. The Labute approximate surface area is 120 Å². The van der Waals surface area contributed by atoms with Gasteiger partial charge in [-0.25, -0.2) is 13.1 Å². The average Bonchev–Trinajstić information content (AvgIpc) is 3.28. The van der Waals surface area contributed by atoms with Crippen LogP contribution in [0, 0.1) is 18.3 Å². The van der Waals surface area contributed by atoms with Gasteiger partial charge in [0.2, 0.25) is 10.0 Å². The van der Waals surface area contributed by atoms with Crippen LogP contribution in [0.15, 0.2) is 23.1 Å². The van der Waals surface area contributed by atoms with Crippen LogP contribution in [0.2, 0.25) is 0 Å². The van der Waals surface area contributed by atoms with Crippen molar-refractivity contribution in [2.45, 2.75) is 44.0 Å². The lowest BCUT2D eigenvalue weighted by molar-refractivity contribution is 0.432. The molecule has 0 saturated heterocycles. The summed E-state index contributed by atoms with van der Waals surface area (Å²) in [6, 6.07) is 5.39. The second-order valence-corrected chi connectivity index (χ2v) is 8.00. The summed E-state index contributed by atoms with van der Waals surface area (Å²) in [5.41, 5.74) is 7.48. The number of nitrogens with two attached hydrogens (primary N) is 1. The lowest BCUT2D eigenvalue weighted by Crippen LogP contribution is -2.31. The lowest BCUT2D eigenvalue weighted by atomic mass is 10.0. The molecule has 3 N–H and O–H groups in total. The summed E-state index contributed by atoms with van der Waals surface area (Å²) in [5.74, 6) is 0.752. The number of nitrogens with one attached hydrogen (secondary N) is 1. The Morgan fingerprint density at radius 3 is 2.60 bits per heavy atom. The predicted molar refractivity (Wildman–Crippen MR) is 78.6 cm³/mol. The van der Waals surface area contributed by atoms with Crippen molar-refractivity contribution >= 4 is 10.0 Å². The fourth-order valence-electron chi connectivity index (χ4n) is 2.96. The van der Waals surface area contributed by atoms with E-state index in [2.05, 4.69) is 4.72 Å². The Kier molecular flexibility index (Phi) is 3.39. The van der Waals surface area contributed by atoms with E-state index in [1.54, 1.807) is 6.07 Å². The van der Waals surface area contributed by atoms with Crippen molar-refractivity contribution in [3.63, 3.8) is 0 Å². The second-order valence-electron chi connectivity index (χ2n) is 6.27. The second kappa shape index (κ2) is 4.83. The van der Waals surface area contributed by atoms with E-state index in [9.17, 15) is 8.42 Å². The molecule has 0 aromatic heterocycles. The number of hydrogen-bond acceptors (Lipinski definition) is 3. The van der Waals surface area contributed by atoms with Gasteiger partial charge in [-0.05, 0) is 61.1 Å². The Morgan fingerprint density at radius 1 is 1.35 bits per heavy atom. The average molecular weight is 294 g/mol. The molecule has 5 heteroatoms. The van der Waals surface area contributed by atoms with Crippen LogP contribution in [0.4, 0.5) is 0 Å². The third-order valence-corrected chi connectivity index (χ3v) is 6.27. The summed E-state index contributed by atoms with van der Waals surface area (Å²) in [7, 11) is -3.43. The maximum atomic E-state index is 12.5. The van der Waals surface area contributed by atoms with Crippen LogP contribution in [0.3, 0.4) is 0 Å². The molecule has 3 rings (SSSR count). The quantitative estimate of drug-likeness (QED) is 0.842. The first kappa shape index (κ1) is 14.0. The van der Waals surface area contributed by atoms with Crippen molar-refractivity contribution < 1.29 is 8.42 Å². The molecule has 0 amide bonds. The summed E-state index contributed by atoms with van der Waals surface area (Å²) in [4.78, 5) is 0.368. The van der Waals surface area contributed by atoms with Crippen LogP contribution in [0.25, 0.3) is 0 Å². The van der Waals surface area contributed by atoms with Gasteiger partial charge in [0.1, 0.15) is 0 Å². The molecule has 4 nitrogen and oxygen atoms in total. The molecule has 2 aliphatic rings. The molecule has 0 aliphatic heterocycles. The lowest BCUT2D eigenvalue weighted by Gasteiger charge is -2.16. The van der Waals surface area contributed by atoms with Gasteiger partial charge in [-0.15, -0.1) is 0 Å². The fraction of sp³-hybridized carbons (Fsp3) is 0.600. The van der Waals surface area contributed by atoms with Gasteiger partial charge in [0.25, 0.3) is 0 Å². The zero-order chi connectivity index (χ0) is 14.4. The molecule has 2 saturated carbocycles. The van der Waals surface area contributed by atoms with Crippen LogP contribution < -0.4 is 10.5 Å². The van der Waals surface area contributed by atoms with E-state index in [0.29, 0.717) is 18.0 Å². The molecule has 2 aliphatic carbocycles. The Morgan fingerprint density at radius 2 is 2.05 bits per heavy atom. The highest BCUT2D eigenvalue weighted by Gasteiger charge is 2.53. The number of aryl methyl sites for hydroxylation is 1. The van der Waals surface area contributed by atoms with Gasteiger partial charge in [0.15, 0.2) is 0 Å². The summed E-state index contributed by atoms with van der Waals surface area (Å²) in [5, 5.41) is 0. The van der Waals surface area contributed by atoms with E-state index < -0.39 is 10.0 Å². The highest BCUT2D eigenvalue weighted by atomic mass is 32.2. The Hall–Kier alpha value is -0.910. The summed E-state index contributed by atoms with van der Waals surface area (Å²) in [6.45, 7) is 2.77. The topological polar surface area (TPSA) is 72.2 Å². The first-order valence-electron chi connectivity index (χ1n) is 7.26. The third kappa shape index (κ3) is 2.62. The van der Waals surface area contributed by atoms with Crippen molar-refractivity contribution in [2.24, 2.45) is 17.1 Å². The normalized spacial score (nSPS) is 20.9. The third-order valence-electron chi connectivity index (χ3n) is 4.73. The molecule has 1 aromatic carbocycles. The van der Waals surface area contributed by atoms with Gasteiger partial charge in [-0.2, -0.15) is 0 Å². The minimum atomic E-state index is -3.43. The van der Waals surface area contributed by atoms with Crippen molar-refractivity contribution in [2.75, 3.05) is 6.54 Å². The fourth-order valence-corrected chi connectivity index (χ4v) is 4.39. The molecule has 2 fully saturated rings. The van der Waals surface area contributed by atoms with Crippen LogP contribution in [0.1, 0.15) is 36.8 Å². The van der Waals surface area contributed by atoms with Gasteiger partial charge in [0, 0.05) is 13.1 Å². The smallest absolute Gasteiger partial charge is 0.240 e. The summed E-state index contributed by atoms with van der Waals surface area (Å²) < 4.78 is 27.8. The number of hydrogen-bond donors (Lipinski definition) is 2. The van der Waals surface area contributed by atoms with Crippen LogP contribution in [0.5, 0.6) is 0 Å². The predicted octanol–water partition coefficient (Wildman–Crippen LogP) is 1.92. The molecule has 0 spiro atoms. The molecular formula is C15H22N2O2S. The van der Waals surface area contributed by atoms with Crippen molar-refractivity contribution in [1.82, 2.24) is 4.72 Å². The molecule has 0 bridgehead atoms. The number of rotatable bonds is 6. The molecule has 0 radical (unpaired) electrons.